The summed E-state index contributed by atoms with van der Waals surface area (Å²) >= 11 is 0. The molecule has 0 saturated carbocycles. The van der Waals surface area contributed by atoms with Gasteiger partial charge in [0.2, 0.25) is 0 Å². The van der Waals surface area contributed by atoms with E-state index in [0.717, 1.165) is 22.4 Å². The molecule has 9 heteroatoms. The first-order chi connectivity index (χ1) is 18.1. The number of nitrogens with one attached hydrogen (secondary N) is 2. The molecule has 2 heterocycles. The zero-order valence-electron chi connectivity index (χ0n) is 21.4. The van der Waals surface area contributed by atoms with Crippen LogP contribution in [0.1, 0.15) is 43.0 Å². The number of amides is 2. The Morgan fingerprint density at radius 2 is 1.84 bits per heavy atom. The van der Waals surface area contributed by atoms with E-state index in [-0.39, 0.29) is 17.7 Å². The third-order valence-electron chi connectivity index (χ3n) is 6.45. The normalized spacial score (nSPS) is 15.8. The van der Waals surface area contributed by atoms with E-state index >= 15 is 0 Å². The largest absolute Gasteiger partial charge is 0.444 e. The van der Waals surface area contributed by atoms with Crippen molar-refractivity contribution in [3.63, 3.8) is 0 Å². The SMILES string of the molecule is CC(C)(C)OC(=O)N1CCc2c(cccc2NC(=C2C(=O)Nc3ccc([N+](=O)[O-])cc32)c2ccccc2)C1. The minimum Gasteiger partial charge on any atom is -0.444 e. The smallest absolute Gasteiger partial charge is 0.410 e. The van der Waals surface area contributed by atoms with Crippen LogP contribution in [-0.4, -0.2) is 34.0 Å². The van der Waals surface area contributed by atoms with Crippen LogP contribution in [0.3, 0.4) is 0 Å². The Kier molecular flexibility index (Phi) is 6.36. The van der Waals surface area contributed by atoms with Gasteiger partial charge in [-0.15, -0.1) is 0 Å². The summed E-state index contributed by atoms with van der Waals surface area (Å²) in [5, 5.41) is 17.8. The molecule has 3 aromatic rings. The van der Waals surface area contributed by atoms with E-state index in [0.29, 0.717) is 42.0 Å². The molecule has 0 spiro atoms. The van der Waals surface area contributed by atoms with Crippen LogP contribution in [0.5, 0.6) is 0 Å². The first kappa shape index (κ1) is 25.0. The van der Waals surface area contributed by atoms with Crippen molar-refractivity contribution in [3.8, 4) is 0 Å². The van der Waals surface area contributed by atoms with Crippen molar-refractivity contribution in [1.82, 2.24) is 4.90 Å². The van der Waals surface area contributed by atoms with Crippen LogP contribution in [0.2, 0.25) is 0 Å². The number of carbonyl (C=O) groups excluding carboxylic acids is 2. The minimum absolute atomic E-state index is 0.0931. The van der Waals surface area contributed by atoms with Crippen molar-refractivity contribution in [2.75, 3.05) is 17.2 Å². The molecular formula is C29H28N4O5. The number of anilines is 2. The summed E-state index contributed by atoms with van der Waals surface area (Å²) in [4.78, 5) is 38.5. The average molecular weight is 513 g/mol. The molecule has 0 atom stereocenters. The van der Waals surface area contributed by atoms with E-state index in [1.807, 2.05) is 69.3 Å². The van der Waals surface area contributed by atoms with Crippen LogP contribution in [0, 0.1) is 10.1 Å². The van der Waals surface area contributed by atoms with E-state index in [2.05, 4.69) is 10.6 Å². The van der Waals surface area contributed by atoms with Crippen molar-refractivity contribution in [2.24, 2.45) is 0 Å². The Bertz CT molecular complexity index is 1470. The van der Waals surface area contributed by atoms with Crippen molar-refractivity contribution in [3.05, 3.63) is 99.1 Å². The van der Waals surface area contributed by atoms with Gasteiger partial charge in [-0.25, -0.2) is 4.79 Å². The van der Waals surface area contributed by atoms with Crippen LogP contribution in [0.25, 0.3) is 11.3 Å². The lowest BCUT2D eigenvalue weighted by molar-refractivity contribution is -0.384. The molecule has 2 amide bonds. The summed E-state index contributed by atoms with van der Waals surface area (Å²) < 4.78 is 5.56. The maximum absolute atomic E-state index is 13.2. The number of non-ortho nitro benzene ring substituents is 1. The molecule has 194 valence electrons. The van der Waals surface area contributed by atoms with Gasteiger partial charge in [0.25, 0.3) is 11.6 Å². The van der Waals surface area contributed by atoms with E-state index in [4.69, 9.17) is 4.74 Å². The number of hydrogen-bond donors (Lipinski definition) is 2. The molecule has 0 fully saturated rings. The second kappa shape index (κ2) is 9.66. The Hall–Kier alpha value is -4.66. The number of benzene rings is 3. The lowest BCUT2D eigenvalue weighted by atomic mass is 9.96. The average Bonchev–Trinajstić information content (AvgIpc) is 3.21. The predicted octanol–water partition coefficient (Wildman–Crippen LogP) is 5.82. The minimum atomic E-state index is -0.579. The molecule has 2 aliphatic heterocycles. The lowest BCUT2D eigenvalue weighted by Crippen LogP contribution is -2.40. The molecule has 3 aromatic carbocycles. The number of fused-ring (bicyclic) bond motifs is 2. The molecule has 0 aliphatic carbocycles. The molecule has 2 aliphatic rings. The van der Waals surface area contributed by atoms with E-state index in [1.54, 1.807) is 11.0 Å². The summed E-state index contributed by atoms with van der Waals surface area (Å²) in [6.07, 6.45) is 0.248. The molecule has 0 aromatic heterocycles. The van der Waals surface area contributed by atoms with Crippen molar-refractivity contribution in [1.29, 1.82) is 0 Å². The van der Waals surface area contributed by atoms with E-state index < -0.39 is 10.5 Å². The molecule has 38 heavy (non-hydrogen) atoms. The Morgan fingerprint density at radius 3 is 2.55 bits per heavy atom. The van der Waals surface area contributed by atoms with Gasteiger partial charge in [0.1, 0.15) is 5.60 Å². The first-order valence-electron chi connectivity index (χ1n) is 12.4. The number of nitro benzene ring substituents is 1. The molecule has 5 rings (SSSR count). The number of nitrogens with zero attached hydrogens (tertiary/aromatic N) is 2. The zero-order valence-corrected chi connectivity index (χ0v) is 21.4. The number of rotatable bonds is 4. The van der Waals surface area contributed by atoms with Crippen LogP contribution < -0.4 is 10.6 Å². The second-order valence-corrected chi connectivity index (χ2v) is 10.3. The van der Waals surface area contributed by atoms with Gasteiger partial charge in [0.15, 0.2) is 0 Å². The number of nitro groups is 1. The molecule has 0 bridgehead atoms. The summed E-state index contributed by atoms with van der Waals surface area (Å²) in [6, 6.07) is 19.6. The molecule has 0 unspecified atom stereocenters. The fraction of sp³-hybridized carbons (Fsp3) is 0.241. The Labute approximate surface area is 220 Å². The highest BCUT2D eigenvalue weighted by Gasteiger charge is 2.31. The van der Waals surface area contributed by atoms with Gasteiger partial charge in [-0.05, 0) is 56.0 Å². The number of ether oxygens (including phenoxy) is 1. The Balaban J connectivity index is 1.56. The van der Waals surface area contributed by atoms with E-state index in [9.17, 15) is 19.7 Å². The highest BCUT2D eigenvalue weighted by Crippen LogP contribution is 2.40. The monoisotopic (exact) mass is 512 g/mol. The molecule has 9 nitrogen and oxygen atoms in total. The van der Waals surface area contributed by atoms with Crippen LogP contribution in [0.4, 0.5) is 21.9 Å². The van der Waals surface area contributed by atoms with Crippen LogP contribution in [0.15, 0.2) is 66.7 Å². The molecule has 0 saturated heterocycles. The van der Waals surface area contributed by atoms with Gasteiger partial charge in [-0.3, -0.25) is 14.9 Å². The zero-order chi connectivity index (χ0) is 27.0. The quantitative estimate of drug-likeness (QED) is 0.259. The second-order valence-electron chi connectivity index (χ2n) is 10.3. The topological polar surface area (TPSA) is 114 Å². The van der Waals surface area contributed by atoms with Gasteiger partial charge in [-0.1, -0.05) is 42.5 Å². The first-order valence-corrected chi connectivity index (χ1v) is 12.4. The van der Waals surface area contributed by atoms with Crippen molar-refractivity contribution < 1.29 is 19.2 Å². The Morgan fingerprint density at radius 1 is 1.08 bits per heavy atom. The third-order valence-corrected chi connectivity index (χ3v) is 6.45. The molecule has 2 N–H and O–H groups in total. The van der Waals surface area contributed by atoms with Gasteiger partial charge in [0, 0.05) is 42.2 Å². The van der Waals surface area contributed by atoms with E-state index in [1.165, 1.54) is 12.1 Å². The predicted molar refractivity (Wildman–Crippen MR) is 145 cm³/mol. The van der Waals surface area contributed by atoms with Crippen molar-refractivity contribution in [2.45, 2.75) is 39.3 Å². The summed E-state index contributed by atoms with van der Waals surface area (Å²) in [7, 11) is 0. The standard InChI is InChI=1S/C29H28N4O5/c1-29(2,3)38-28(35)32-15-14-21-19(17-32)10-7-11-23(21)30-26(18-8-5-4-6-9-18)25-22-16-20(33(36)37)12-13-24(22)31-27(25)34/h4-13,16,30H,14-15,17H2,1-3H3,(H,31,34). The van der Waals surface area contributed by atoms with Crippen molar-refractivity contribution >= 4 is 40.3 Å². The van der Waals surface area contributed by atoms with Gasteiger partial charge in [-0.2, -0.15) is 0 Å². The van der Waals surface area contributed by atoms with Gasteiger partial charge in [0.05, 0.1) is 16.2 Å². The number of hydrogen-bond acceptors (Lipinski definition) is 6. The van der Waals surface area contributed by atoms with Gasteiger partial charge >= 0.3 is 6.09 Å². The third kappa shape index (κ3) is 4.95. The fourth-order valence-electron chi connectivity index (χ4n) is 4.74. The van der Waals surface area contributed by atoms with Crippen LogP contribution >= 0.6 is 0 Å². The maximum atomic E-state index is 13.2. The van der Waals surface area contributed by atoms with Gasteiger partial charge < -0.3 is 20.3 Å². The summed E-state index contributed by atoms with van der Waals surface area (Å²) in [5.41, 5.74) is 4.80. The highest BCUT2D eigenvalue weighted by atomic mass is 16.6. The summed E-state index contributed by atoms with van der Waals surface area (Å²) in [6.45, 7) is 6.43. The van der Waals surface area contributed by atoms with Crippen LogP contribution in [-0.2, 0) is 22.5 Å². The fourth-order valence-corrected chi connectivity index (χ4v) is 4.74. The summed E-state index contributed by atoms with van der Waals surface area (Å²) in [5.74, 6) is -0.340. The molecule has 0 radical (unpaired) electrons. The maximum Gasteiger partial charge on any atom is 0.410 e. The highest BCUT2D eigenvalue weighted by molar-refractivity contribution is 6.37. The number of carbonyl (C=O) groups is 2. The lowest BCUT2D eigenvalue weighted by Gasteiger charge is -2.32. The molecular weight excluding hydrogens is 484 g/mol.